The Morgan fingerprint density at radius 2 is 1.91 bits per heavy atom. The standard InChI is InChI=1S/C25H23FN4O2S/c1-15-4-10-18(11-5-15)30-23(31)21-19-12-25(2,3)32-14-20(19)33-22(21)28-24(30)29-27-13-16-6-8-17(26)9-7-16/h4-11,13H,12,14H2,1-3H3,(H,28,29). The molecule has 6 nitrogen and oxygen atoms in total. The van der Waals surface area contributed by atoms with Crippen LogP contribution in [0.15, 0.2) is 58.4 Å². The molecule has 0 aliphatic carbocycles. The van der Waals surface area contributed by atoms with Crippen molar-refractivity contribution in [3.8, 4) is 5.69 Å². The van der Waals surface area contributed by atoms with Crippen LogP contribution in [0.4, 0.5) is 10.3 Å². The van der Waals surface area contributed by atoms with Crippen molar-refractivity contribution in [2.24, 2.45) is 5.10 Å². The van der Waals surface area contributed by atoms with Crippen LogP contribution in [0, 0.1) is 12.7 Å². The molecule has 0 fully saturated rings. The van der Waals surface area contributed by atoms with Gasteiger partial charge in [-0.05, 0) is 56.2 Å². The lowest BCUT2D eigenvalue weighted by molar-refractivity contribution is -0.0379. The lowest BCUT2D eigenvalue weighted by atomic mass is 9.94. The van der Waals surface area contributed by atoms with Gasteiger partial charge in [-0.15, -0.1) is 11.3 Å². The second kappa shape index (κ2) is 8.20. The van der Waals surface area contributed by atoms with Gasteiger partial charge in [-0.25, -0.2) is 19.4 Å². The van der Waals surface area contributed by atoms with Gasteiger partial charge in [-0.2, -0.15) is 5.10 Å². The normalized spacial score (nSPS) is 15.2. The van der Waals surface area contributed by atoms with E-state index in [0.717, 1.165) is 21.6 Å². The van der Waals surface area contributed by atoms with Crippen LogP contribution >= 0.6 is 11.3 Å². The average Bonchev–Trinajstić information content (AvgIpc) is 3.13. The number of ether oxygens (including phenoxy) is 1. The van der Waals surface area contributed by atoms with E-state index in [9.17, 15) is 9.18 Å². The number of rotatable bonds is 4. The van der Waals surface area contributed by atoms with Crippen LogP contribution in [0.2, 0.25) is 0 Å². The molecule has 0 radical (unpaired) electrons. The molecule has 1 aliphatic heterocycles. The van der Waals surface area contributed by atoms with Crippen molar-refractivity contribution < 1.29 is 9.13 Å². The summed E-state index contributed by atoms with van der Waals surface area (Å²) in [5.41, 5.74) is 5.98. The zero-order valence-corrected chi connectivity index (χ0v) is 19.4. The van der Waals surface area contributed by atoms with Crippen LogP contribution in [0.25, 0.3) is 15.9 Å². The fourth-order valence-corrected chi connectivity index (χ4v) is 5.01. The molecule has 33 heavy (non-hydrogen) atoms. The first-order valence-corrected chi connectivity index (χ1v) is 11.5. The van der Waals surface area contributed by atoms with E-state index in [-0.39, 0.29) is 17.0 Å². The molecule has 4 aromatic rings. The highest BCUT2D eigenvalue weighted by atomic mass is 32.1. The fourth-order valence-electron chi connectivity index (χ4n) is 3.91. The van der Waals surface area contributed by atoms with Crippen LogP contribution in [0.5, 0.6) is 0 Å². The van der Waals surface area contributed by atoms with Crippen LogP contribution in [-0.4, -0.2) is 21.4 Å². The van der Waals surface area contributed by atoms with Gasteiger partial charge >= 0.3 is 0 Å². The van der Waals surface area contributed by atoms with E-state index >= 15 is 0 Å². The third-order valence-electron chi connectivity index (χ3n) is 5.65. The molecule has 0 bridgehead atoms. The van der Waals surface area contributed by atoms with Crippen LogP contribution in [0.1, 0.15) is 35.4 Å². The third kappa shape index (κ3) is 4.19. The molecule has 2 aromatic carbocycles. The van der Waals surface area contributed by atoms with Crippen molar-refractivity contribution in [2.45, 2.75) is 39.4 Å². The molecule has 0 atom stereocenters. The number of fused-ring (bicyclic) bond motifs is 3. The van der Waals surface area contributed by atoms with Gasteiger partial charge in [0.15, 0.2) is 0 Å². The second-order valence-corrected chi connectivity index (χ2v) is 9.83. The molecule has 8 heteroatoms. The van der Waals surface area contributed by atoms with Gasteiger partial charge in [0.25, 0.3) is 5.56 Å². The number of benzene rings is 2. The zero-order chi connectivity index (χ0) is 23.2. The summed E-state index contributed by atoms with van der Waals surface area (Å²) in [6.45, 7) is 6.53. The number of hydrogen-bond donors (Lipinski definition) is 1. The van der Waals surface area contributed by atoms with E-state index < -0.39 is 0 Å². The van der Waals surface area contributed by atoms with Crippen LogP contribution < -0.4 is 11.0 Å². The Hall–Kier alpha value is -3.36. The molecule has 0 saturated carbocycles. The van der Waals surface area contributed by atoms with Gasteiger partial charge in [0.2, 0.25) is 5.95 Å². The molecule has 0 saturated heterocycles. The molecule has 0 amide bonds. The summed E-state index contributed by atoms with van der Waals surface area (Å²) in [5.74, 6) is 0.00254. The monoisotopic (exact) mass is 462 g/mol. The lowest BCUT2D eigenvalue weighted by Gasteiger charge is -2.29. The summed E-state index contributed by atoms with van der Waals surface area (Å²) in [6.07, 6.45) is 2.22. The molecule has 1 N–H and O–H groups in total. The predicted octanol–water partition coefficient (Wildman–Crippen LogP) is 5.19. The molecule has 1 aliphatic rings. The van der Waals surface area contributed by atoms with E-state index in [2.05, 4.69) is 10.5 Å². The average molecular weight is 463 g/mol. The molecule has 2 aromatic heterocycles. The van der Waals surface area contributed by atoms with Crippen molar-refractivity contribution in [1.29, 1.82) is 0 Å². The number of halogens is 1. The van der Waals surface area contributed by atoms with Gasteiger partial charge in [-0.3, -0.25) is 4.79 Å². The van der Waals surface area contributed by atoms with Crippen molar-refractivity contribution in [3.05, 3.63) is 86.3 Å². The Bertz CT molecular complexity index is 1420. The van der Waals surface area contributed by atoms with Crippen molar-refractivity contribution in [2.75, 3.05) is 5.43 Å². The topological polar surface area (TPSA) is 68.5 Å². The van der Waals surface area contributed by atoms with Crippen molar-refractivity contribution >= 4 is 33.7 Å². The largest absolute Gasteiger partial charge is 0.370 e. The molecular weight excluding hydrogens is 439 g/mol. The number of aryl methyl sites for hydroxylation is 1. The summed E-state index contributed by atoms with van der Waals surface area (Å²) in [5, 5.41) is 4.90. The predicted molar refractivity (Wildman–Crippen MR) is 130 cm³/mol. The molecular formula is C25H23FN4O2S. The molecule has 0 unspecified atom stereocenters. The van der Waals surface area contributed by atoms with Crippen LogP contribution in [0.3, 0.4) is 0 Å². The number of aromatic nitrogens is 2. The highest BCUT2D eigenvalue weighted by Crippen LogP contribution is 2.37. The lowest BCUT2D eigenvalue weighted by Crippen LogP contribution is -2.32. The van der Waals surface area contributed by atoms with Crippen LogP contribution in [-0.2, 0) is 17.8 Å². The number of hydrazone groups is 1. The first-order chi connectivity index (χ1) is 15.8. The SMILES string of the molecule is Cc1ccc(-n2c(NN=Cc3ccc(F)cc3)nc3sc4c(c3c2=O)CC(C)(C)OC4)cc1. The number of anilines is 1. The number of nitrogens with zero attached hydrogens (tertiary/aromatic N) is 3. The number of hydrogen-bond acceptors (Lipinski definition) is 6. The summed E-state index contributed by atoms with van der Waals surface area (Å²) < 4.78 is 20.7. The summed E-state index contributed by atoms with van der Waals surface area (Å²) in [7, 11) is 0. The van der Waals surface area contributed by atoms with Gasteiger partial charge in [-0.1, -0.05) is 29.8 Å². The van der Waals surface area contributed by atoms with E-state index in [1.54, 1.807) is 22.9 Å². The Balaban J connectivity index is 1.64. The van der Waals surface area contributed by atoms with Gasteiger partial charge in [0.1, 0.15) is 10.6 Å². The molecule has 168 valence electrons. The number of nitrogens with one attached hydrogen (secondary N) is 1. The third-order valence-corrected chi connectivity index (χ3v) is 6.74. The van der Waals surface area contributed by atoms with Gasteiger partial charge in [0.05, 0.1) is 29.5 Å². The summed E-state index contributed by atoms with van der Waals surface area (Å²) in [6, 6.07) is 13.7. The number of thiophene rings is 1. The van der Waals surface area contributed by atoms with Crippen molar-refractivity contribution in [1.82, 2.24) is 9.55 Å². The van der Waals surface area contributed by atoms with E-state index in [1.807, 2.05) is 45.0 Å². The minimum Gasteiger partial charge on any atom is -0.370 e. The minimum absolute atomic E-state index is 0.140. The first kappa shape index (κ1) is 21.5. The van der Waals surface area contributed by atoms with E-state index in [4.69, 9.17) is 9.72 Å². The Morgan fingerprint density at radius 3 is 2.64 bits per heavy atom. The van der Waals surface area contributed by atoms with Gasteiger partial charge in [0, 0.05) is 11.3 Å². The Kier molecular flexibility index (Phi) is 5.34. The highest BCUT2D eigenvalue weighted by molar-refractivity contribution is 7.18. The maximum atomic E-state index is 13.8. The first-order valence-electron chi connectivity index (χ1n) is 10.6. The second-order valence-electron chi connectivity index (χ2n) is 8.74. The van der Waals surface area contributed by atoms with Crippen molar-refractivity contribution in [3.63, 3.8) is 0 Å². The maximum Gasteiger partial charge on any atom is 0.268 e. The minimum atomic E-state index is -0.335. The molecule has 5 rings (SSSR count). The van der Waals surface area contributed by atoms with E-state index in [0.29, 0.717) is 34.9 Å². The Morgan fingerprint density at radius 1 is 1.18 bits per heavy atom. The maximum absolute atomic E-state index is 13.8. The molecule has 3 heterocycles. The fraction of sp³-hybridized carbons (Fsp3) is 0.240. The zero-order valence-electron chi connectivity index (χ0n) is 18.6. The quantitative estimate of drug-likeness (QED) is 0.335. The van der Waals surface area contributed by atoms with E-state index in [1.165, 1.54) is 23.5 Å². The summed E-state index contributed by atoms with van der Waals surface area (Å²) in [4.78, 5) is 20.3. The highest BCUT2D eigenvalue weighted by Gasteiger charge is 2.31. The van der Waals surface area contributed by atoms with Gasteiger partial charge < -0.3 is 4.74 Å². The Labute approximate surface area is 194 Å². The molecule has 0 spiro atoms. The smallest absolute Gasteiger partial charge is 0.268 e. The summed E-state index contributed by atoms with van der Waals surface area (Å²) >= 11 is 1.48.